The Morgan fingerprint density at radius 1 is 1.00 bits per heavy atom. The van der Waals surface area contributed by atoms with E-state index in [1.807, 2.05) is 0 Å². The van der Waals surface area contributed by atoms with Gasteiger partial charge in [-0.3, -0.25) is 9.69 Å². The van der Waals surface area contributed by atoms with Crippen molar-refractivity contribution in [3.8, 4) is 5.75 Å². The second-order valence-corrected chi connectivity index (χ2v) is 11.1. The minimum atomic E-state index is -0.0336. The van der Waals surface area contributed by atoms with Gasteiger partial charge in [0.1, 0.15) is 5.75 Å². The molecule has 2 aliphatic heterocycles. The topological polar surface area (TPSA) is 44.8 Å². The van der Waals surface area contributed by atoms with Crippen molar-refractivity contribution in [2.24, 2.45) is 5.92 Å². The number of rotatable bonds is 6. The molecule has 1 saturated heterocycles. The first-order valence-electron chi connectivity index (χ1n) is 12.9. The van der Waals surface area contributed by atoms with E-state index in [1.54, 1.807) is 25.3 Å². The van der Waals surface area contributed by atoms with Gasteiger partial charge >= 0.3 is 0 Å². The number of amides is 1. The molecule has 2 heterocycles. The highest BCUT2D eigenvalue weighted by molar-refractivity contribution is 6.35. The molecule has 7 heteroatoms. The Labute approximate surface area is 218 Å². The molecule has 1 aliphatic carbocycles. The van der Waals surface area contributed by atoms with Gasteiger partial charge in [0, 0.05) is 34.4 Å². The van der Waals surface area contributed by atoms with Crippen LogP contribution in [-0.4, -0.2) is 55.0 Å². The summed E-state index contributed by atoms with van der Waals surface area (Å²) in [5, 5.41) is 4.03. The van der Waals surface area contributed by atoms with Crippen molar-refractivity contribution in [2.45, 2.75) is 57.0 Å². The Hall–Kier alpha value is -1.79. The third-order valence-corrected chi connectivity index (χ3v) is 8.52. The third-order valence-electron chi connectivity index (χ3n) is 8.09. The van der Waals surface area contributed by atoms with E-state index < -0.39 is 0 Å². The number of carbonyl (C=O) groups is 1. The molecule has 2 fully saturated rings. The van der Waals surface area contributed by atoms with Crippen LogP contribution in [0.2, 0.25) is 10.0 Å². The predicted molar refractivity (Wildman–Crippen MR) is 143 cm³/mol. The summed E-state index contributed by atoms with van der Waals surface area (Å²) in [7, 11) is 1.72. The Kier molecular flexibility index (Phi) is 7.88. The lowest BCUT2D eigenvalue weighted by Gasteiger charge is -2.45. The number of hydrogen-bond acceptors (Lipinski definition) is 4. The van der Waals surface area contributed by atoms with Crippen LogP contribution in [0.1, 0.15) is 55.7 Å². The Morgan fingerprint density at radius 2 is 1.71 bits per heavy atom. The van der Waals surface area contributed by atoms with Crippen molar-refractivity contribution in [2.75, 3.05) is 38.6 Å². The van der Waals surface area contributed by atoms with Crippen LogP contribution in [0.4, 0.5) is 5.69 Å². The SMILES string of the molecule is COc1ccc2c(c1)CCN(CC(=O)Nc1cc(Cl)cc(Cl)c1)C2C1CCN(C2CCCC2)CC1. The highest BCUT2D eigenvalue weighted by Gasteiger charge is 2.37. The van der Waals surface area contributed by atoms with Crippen LogP contribution in [0.5, 0.6) is 5.75 Å². The number of anilines is 1. The van der Waals surface area contributed by atoms with Crippen LogP contribution in [-0.2, 0) is 11.2 Å². The summed E-state index contributed by atoms with van der Waals surface area (Å²) in [6.07, 6.45) is 8.74. The van der Waals surface area contributed by atoms with E-state index >= 15 is 0 Å². The molecule has 1 atom stereocenters. The highest BCUT2D eigenvalue weighted by Crippen LogP contribution is 2.42. The fraction of sp³-hybridized carbons (Fsp3) is 0.536. The average Bonchev–Trinajstić information content (AvgIpc) is 3.38. The Bertz CT molecular complexity index is 1030. The van der Waals surface area contributed by atoms with Crippen LogP contribution in [0, 0.1) is 5.92 Å². The minimum Gasteiger partial charge on any atom is -0.497 e. The van der Waals surface area contributed by atoms with Crippen molar-refractivity contribution in [1.29, 1.82) is 0 Å². The normalized spacial score (nSPS) is 22.2. The molecule has 0 aromatic heterocycles. The number of hydrogen-bond donors (Lipinski definition) is 1. The zero-order chi connectivity index (χ0) is 24.4. The zero-order valence-corrected chi connectivity index (χ0v) is 22.0. The lowest BCUT2D eigenvalue weighted by molar-refractivity contribution is -0.118. The summed E-state index contributed by atoms with van der Waals surface area (Å²) in [5.74, 6) is 1.41. The largest absolute Gasteiger partial charge is 0.497 e. The summed E-state index contributed by atoms with van der Waals surface area (Å²) in [6, 6.07) is 12.6. The smallest absolute Gasteiger partial charge is 0.238 e. The van der Waals surface area contributed by atoms with E-state index in [1.165, 1.54) is 62.7 Å². The molecule has 0 spiro atoms. The quantitative estimate of drug-likeness (QED) is 0.497. The maximum Gasteiger partial charge on any atom is 0.238 e. The summed E-state index contributed by atoms with van der Waals surface area (Å²) >= 11 is 12.3. The monoisotopic (exact) mass is 515 g/mol. The van der Waals surface area contributed by atoms with Gasteiger partial charge in [-0.05, 0) is 92.6 Å². The molecule has 1 saturated carbocycles. The van der Waals surface area contributed by atoms with Gasteiger partial charge in [-0.1, -0.05) is 42.1 Å². The first-order valence-corrected chi connectivity index (χ1v) is 13.7. The lowest BCUT2D eigenvalue weighted by atomic mass is 9.79. The number of likely N-dealkylation sites (tertiary alicyclic amines) is 1. The van der Waals surface area contributed by atoms with E-state index in [-0.39, 0.29) is 11.9 Å². The molecule has 0 bridgehead atoms. The second-order valence-electron chi connectivity index (χ2n) is 10.2. The van der Waals surface area contributed by atoms with Crippen LogP contribution in [0.25, 0.3) is 0 Å². The standard InChI is InChI=1S/C28H35Cl2N3O2/c1-35-25-6-7-26-20(14-25)10-13-33(18-27(34)31-23-16-21(29)15-22(30)17-23)28(26)19-8-11-32(12-9-19)24-4-2-3-5-24/h6-7,14-17,19,24,28H,2-5,8-13,18H2,1H3,(H,31,34). The van der Waals surface area contributed by atoms with Gasteiger partial charge in [0.2, 0.25) is 5.91 Å². The summed E-state index contributed by atoms with van der Waals surface area (Å²) in [4.78, 5) is 18.2. The fourth-order valence-corrected chi connectivity index (χ4v) is 6.95. The van der Waals surface area contributed by atoms with Gasteiger partial charge in [0.05, 0.1) is 13.7 Å². The van der Waals surface area contributed by atoms with E-state index in [0.717, 1.165) is 24.8 Å². The second kappa shape index (κ2) is 11.1. The summed E-state index contributed by atoms with van der Waals surface area (Å²) in [6.45, 7) is 3.54. The van der Waals surface area contributed by atoms with Gasteiger partial charge in [-0.25, -0.2) is 0 Å². The van der Waals surface area contributed by atoms with Crippen molar-refractivity contribution in [1.82, 2.24) is 9.80 Å². The molecule has 35 heavy (non-hydrogen) atoms. The maximum absolute atomic E-state index is 13.1. The van der Waals surface area contributed by atoms with E-state index in [0.29, 0.717) is 28.2 Å². The van der Waals surface area contributed by atoms with Crippen molar-refractivity contribution >= 4 is 34.8 Å². The molecule has 5 nitrogen and oxygen atoms in total. The van der Waals surface area contributed by atoms with Crippen molar-refractivity contribution in [3.63, 3.8) is 0 Å². The van der Waals surface area contributed by atoms with Crippen LogP contribution >= 0.6 is 23.2 Å². The number of benzene rings is 2. The molecular weight excluding hydrogens is 481 g/mol. The van der Waals surface area contributed by atoms with Crippen LogP contribution in [0.3, 0.4) is 0 Å². The zero-order valence-electron chi connectivity index (χ0n) is 20.4. The number of piperidine rings is 1. The molecule has 3 aliphatic rings. The molecule has 1 N–H and O–H groups in total. The number of nitrogens with one attached hydrogen (secondary N) is 1. The van der Waals surface area contributed by atoms with Gasteiger partial charge < -0.3 is 15.0 Å². The van der Waals surface area contributed by atoms with Crippen molar-refractivity contribution in [3.05, 3.63) is 57.6 Å². The van der Waals surface area contributed by atoms with E-state index in [4.69, 9.17) is 27.9 Å². The first-order chi connectivity index (χ1) is 17.0. The number of halogens is 2. The number of fused-ring (bicyclic) bond motifs is 1. The number of ether oxygens (including phenoxy) is 1. The molecule has 1 unspecified atom stereocenters. The number of methoxy groups -OCH3 is 1. The summed E-state index contributed by atoms with van der Waals surface area (Å²) in [5.41, 5.74) is 3.34. The predicted octanol–water partition coefficient (Wildman–Crippen LogP) is 6.19. The van der Waals surface area contributed by atoms with Crippen LogP contribution in [0.15, 0.2) is 36.4 Å². The molecule has 0 radical (unpaired) electrons. The number of carbonyl (C=O) groups excluding carboxylic acids is 1. The van der Waals surface area contributed by atoms with E-state index in [2.05, 4.69) is 33.3 Å². The minimum absolute atomic E-state index is 0.0336. The van der Waals surface area contributed by atoms with E-state index in [9.17, 15) is 4.79 Å². The lowest BCUT2D eigenvalue weighted by Crippen LogP contribution is -2.47. The molecule has 188 valence electrons. The molecule has 5 rings (SSSR count). The molecule has 1 amide bonds. The summed E-state index contributed by atoms with van der Waals surface area (Å²) < 4.78 is 5.50. The van der Waals surface area contributed by atoms with Gasteiger partial charge in [-0.2, -0.15) is 0 Å². The average molecular weight is 517 g/mol. The molecule has 2 aromatic rings. The van der Waals surface area contributed by atoms with Crippen LogP contribution < -0.4 is 10.1 Å². The van der Waals surface area contributed by atoms with Crippen molar-refractivity contribution < 1.29 is 9.53 Å². The Balaban J connectivity index is 1.33. The Morgan fingerprint density at radius 3 is 2.40 bits per heavy atom. The van der Waals surface area contributed by atoms with Gasteiger partial charge in [0.25, 0.3) is 0 Å². The molecule has 2 aromatic carbocycles. The number of nitrogens with zero attached hydrogens (tertiary/aromatic N) is 2. The maximum atomic E-state index is 13.1. The van der Waals surface area contributed by atoms with Gasteiger partial charge in [-0.15, -0.1) is 0 Å². The third kappa shape index (κ3) is 5.80. The molecular formula is C28H35Cl2N3O2. The fourth-order valence-electron chi connectivity index (χ4n) is 6.42. The highest BCUT2D eigenvalue weighted by atomic mass is 35.5. The first kappa shape index (κ1) is 24.9. The van der Waals surface area contributed by atoms with Gasteiger partial charge in [0.15, 0.2) is 0 Å².